The van der Waals surface area contributed by atoms with E-state index in [-0.39, 0.29) is 11.6 Å². The van der Waals surface area contributed by atoms with Gasteiger partial charge in [0.2, 0.25) is 5.91 Å². The summed E-state index contributed by atoms with van der Waals surface area (Å²) >= 11 is 1.49. The molecule has 6 heteroatoms. The number of anilines is 2. The lowest BCUT2D eigenvalue weighted by molar-refractivity contribution is -0.384. The zero-order valence-corrected chi connectivity index (χ0v) is 10.4. The molecule has 2 aromatic rings. The molecule has 0 aliphatic heterocycles. The van der Waals surface area contributed by atoms with Crippen molar-refractivity contribution in [2.45, 2.75) is 6.92 Å². The molecule has 0 saturated heterocycles. The minimum absolute atomic E-state index is 0.00701. The van der Waals surface area contributed by atoms with Crippen LogP contribution in [0.15, 0.2) is 41.1 Å². The molecule has 0 radical (unpaired) electrons. The topological polar surface area (TPSA) is 63.5 Å². The Morgan fingerprint density at radius 1 is 1.22 bits per heavy atom. The fourth-order valence-corrected chi connectivity index (χ4v) is 2.24. The number of benzene rings is 1. The van der Waals surface area contributed by atoms with Crippen LogP contribution in [0.1, 0.15) is 6.92 Å². The minimum Gasteiger partial charge on any atom is -0.280 e. The van der Waals surface area contributed by atoms with Crippen molar-refractivity contribution in [2.75, 3.05) is 4.90 Å². The van der Waals surface area contributed by atoms with Crippen LogP contribution in [0.3, 0.4) is 0 Å². The van der Waals surface area contributed by atoms with Gasteiger partial charge in [-0.15, -0.1) is 0 Å². The molecule has 0 unspecified atom stereocenters. The van der Waals surface area contributed by atoms with Crippen LogP contribution < -0.4 is 4.90 Å². The molecule has 0 atom stereocenters. The number of rotatable bonds is 3. The molecule has 1 aromatic carbocycles. The number of nitrogens with zero attached hydrogens (tertiary/aromatic N) is 2. The number of nitro groups is 1. The van der Waals surface area contributed by atoms with Gasteiger partial charge in [-0.05, 0) is 23.6 Å². The van der Waals surface area contributed by atoms with Gasteiger partial charge in [-0.25, -0.2) is 0 Å². The van der Waals surface area contributed by atoms with Crippen LogP contribution in [-0.4, -0.2) is 10.8 Å². The minimum atomic E-state index is -0.466. The largest absolute Gasteiger partial charge is 0.280 e. The first-order valence-corrected chi connectivity index (χ1v) is 6.11. The van der Waals surface area contributed by atoms with Gasteiger partial charge < -0.3 is 0 Å². The van der Waals surface area contributed by atoms with Gasteiger partial charge in [0.1, 0.15) is 0 Å². The summed E-state index contributed by atoms with van der Waals surface area (Å²) in [6, 6.07) is 7.73. The number of amides is 1. The Hall–Kier alpha value is -2.21. The molecule has 92 valence electrons. The molecule has 0 fully saturated rings. The number of non-ortho nitro benzene ring substituents is 1. The smallest absolute Gasteiger partial charge is 0.269 e. The van der Waals surface area contributed by atoms with Crippen molar-refractivity contribution in [1.82, 2.24) is 0 Å². The van der Waals surface area contributed by atoms with Gasteiger partial charge >= 0.3 is 0 Å². The van der Waals surface area contributed by atoms with E-state index in [0.29, 0.717) is 5.69 Å². The van der Waals surface area contributed by atoms with Gasteiger partial charge in [0.15, 0.2) is 0 Å². The molecule has 0 N–H and O–H groups in total. The van der Waals surface area contributed by atoms with Gasteiger partial charge in [-0.3, -0.25) is 19.8 Å². The van der Waals surface area contributed by atoms with Crippen LogP contribution in [0, 0.1) is 10.1 Å². The third kappa shape index (κ3) is 2.38. The van der Waals surface area contributed by atoms with Gasteiger partial charge in [0.25, 0.3) is 5.69 Å². The molecule has 0 bridgehead atoms. The molecule has 18 heavy (non-hydrogen) atoms. The van der Waals surface area contributed by atoms with Gasteiger partial charge in [-0.2, -0.15) is 11.3 Å². The second kappa shape index (κ2) is 4.97. The fraction of sp³-hybridized carbons (Fsp3) is 0.0833. The second-order valence-corrected chi connectivity index (χ2v) is 4.39. The Morgan fingerprint density at radius 2 is 1.89 bits per heavy atom. The van der Waals surface area contributed by atoms with E-state index in [4.69, 9.17) is 0 Å². The van der Waals surface area contributed by atoms with E-state index in [0.717, 1.165) is 5.69 Å². The van der Waals surface area contributed by atoms with Crippen LogP contribution in [0.5, 0.6) is 0 Å². The molecular weight excluding hydrogens is 252 g/mol. The average molecular weight is 262 g/mol. The Balaban J connectivity index is 2.38. The van der Waals surface area contributed by atoms with E-state index >= 15 is 0 Å². The maximum Gasteiger partial charge on any atom is 0.269 e. The van der Waals surface area contributed by atoms with Crippen molar-refractivity contribution in [1.29, 1.82) is 0 Å². The summed E-state index contributed by atoms with van der Waals surface area (Å²) in [6.07, 6.45) is 0. The van der Waals surface area contributed by atoms with Gasteiger partial charge in [0.05, 0.1) is 10.6 Å². The highest BCUT2D eigenvalue weighted by molar-refractivity contribution is 7.08. The summed E-state index contributed by atoms with van der Waals surface area (Å²) in [6.45, 7) is 1.46. The molecule has 0 aliphatic carbocycles. The second-order valence-electron chi connectivity index (χ2n) is 3.61. The van der Waals surface area contributed by atoms with Crippen molar-refractivity contribution in [3.05, 3.63) is 51.2 Å². The Bertz CT molecular complexity index is 564. The van der Waals surface area contributed by atoms with E-state index in [1.165, 1.54) is 35.3 Å². The lowest BCUT2D eigenvalue weighted by Crippen LogP contribution is -2.21. The third-order valence-corrected chi connectivity index (χ3v) is 3.07. The highest BCUT2D eigenvalue weighted by Gasteiger charge is 2.15. The number of nitro benzene ring substituents is 1. The summed E-state index contributed by atoms with van der Waals surface area (Å²) in [7, 11) is 0. The van der Waals surface area contributed by atoms with Crippen molar-refractivity contribution in [3.63, 3.8) is 0 Å². The van der Waals surface area contributed by atoms with Crippen LogP contribution in [0.2, 0.25) is 0 Å². The summed E-state index contributed by atoms with van der Waals surface area (Å²) in [5, 5.41) is 14.3. The molecule has 1 heterocycles. The first-order valence-electron chi connectivity index (χ1n) is 5.17. The summed E-state index contributed by atoms with van der Waals surface area (Å²) in [4.78, 5) is 23.3. The normalized spacial score (nSPS) is 10.1. The average Bonchev–Trinajstić information content (AvgIpc) is 2.83. The SMILES string of the molecule is CC(=O)N(c1ccc([N+](=O)[O-])cc1)c1ccsc1. The predicted molar refractivity (Wildman–Crippen MR) is 70.2 cm³/mol. The van der Waals surface area contributed by atoms with Crippen molar-refractivity contribution < 1.29 is 9.72 Å². The van der Waals surface area contributed by atoms with Crippen molar-refractivity contribution >= 4 is 34.3 Å². The van der Waals surface area contributed by atoms with Crippen LogP contribution in [-0.2, 0) is 4.79 Å². The molecule has 2 rings (SSSR count). The summed E-state index contributed by atoms with van der Waals surface area (Å²) in [5.41, 5.74) is 1.39. The molecule has 5 nitrogen and oxygen atoms in total. The van der Waals surface area contributed by atoms with E-state index in [1.807, 2.05) is 16.8 Å². The Morgan fingerprint density at radius 3 is 2.33 bits per heavy atom. The molecule has 0 saturated carbocycles. The van der Waals surface area contributed by atoms with E-state index in [9.17, 15) is 14.9 Å². The van der Waals surface area contributed by atoms with Gasteiger partial charge in [0, 0.05) is 30.1 Å². The fourth-order valence-electron chi connectivity index (χ4n) is 1.62. The molecule has 1 aromatic heterocycles. The number of carbonyl (C=O) groups is 1. The Kier molecular flexibility index (Phi) is 3.38. The predicted octanol–water partition coefficient (Wildman–Crippen LogP) is 3.34. The number of thiophene rings is 1. The van der Waals surface area contributed by atoms with E-state index < -0.39 is 4.92 Å². The maximum atomic E-state index is 11.7. The lowest BCUT2D eigenvalue weighted by atomic mass is 10.2. The van der Waals surface area contributed by atoms with E-state index in [2.05, 4.69) is 0 Å². The summed E-state index contributed by atoms with van der Waals surface area (Å²) in [5.74, 6) is -0.137. The van der Waals surface area contributed by atoms with Crippen LogP contribution >= 0.6 is 11.3 Å². The zero-order valence-electron chi connectivity index (χ0n) is 9.57. The first kappa shape index (κ1) is 12.3. The molecular formula is C12H10N2O3S. The highest BCUT2D eigenvalue weighted by atomic mass is 32.1. The standard InChI is InChI=1S/C12H10N2O3S/c1-9(15)13(12-6-7-18-8-12)10-2-4-11(5-3-10)14(16)17/h2-8H,1H3. The van der Waals surface area contributed by atoms with Crippen molar-refractivity contribution in [2.24, 2.45) is 0 Å². The summed E-state index contributed by atoms with van der Waals surface area (Å²) < 4.78 is 0. The number of carbonyl (C=O) groups excluding carboxylic acids is 1. The van der Waals surface area contributed by atoms with Crippen LogP contribution in [0.25, 0.3) is 0 Å². The molecule has 1 amide bonds. The van der Waals surface area contributed by atoms with E-state index in [1.54, 1.807) is 12.1 Å². The van der Waals surface area contributed by atoms with Gasteiger partial charge in [-0.1, -0.05) is 0 Å². The third-order valence-electron chi connectivity index (χ3n) is 2.40. The monoisotopic (exact) mass is 262 g/mol. The Labute approximate surface area is 107 Å². The number of hydrogen-bond donors (Lipinski definition) is 0. The molecule has 0 aliphatic rings. The number of hydrogen-bond acceptors (Lipinski definition) is 4. The molecule has 0 spiro atoms. The first-order chi connectivity index (χ1) is 8.59. The highest BCUT2D eigenvalue weighted by Crippen LogP contribution is 2.28. The van der Waals surface area contributed by atoms with Crippen LogP contribution in [0.4, 0.5) is 17.1 Å². The van der Waals surface area contributed by atoms with Crippen molar-refractivity contribution in [3.8, 4) is 0 Å². The zero-order chi connectivity index (χ0) is 13.1. The quantitative estimate of drug-likeness (QED) is 0.629. The maximum absolute atomic E-state index is 11.7. The lowest BCUT2D eigenvalue weighted by Gasteiger charge is -2.19.